The molecule has 184 valence electrons. The molecule has 3 fully saturated rings. The molecule has 35 heavy (non-hydrogen) atoms. The molecular weight excluding hydrogens is 515 g/mol. The number of hydrogen-bond donors (Lipinski definition) is 0. The van der Waals surface area contributed by atoms with E-state index in [2.05, 4.69) is 17.0 Å². The SMILES string of the molecule is CN1/C(=c2/s/c(=C3\SC(=S)N(C4CCCCC4)C3=O)n(C3CCCCC3)c2=O)Sc2ccccc21. The van der Waals surface area contributed by atoms with Gasteiger partial charge >= 0.3 is 0 Å². The summed E-state index contributed by atoms with van der Waals surface area (Å²) in [6, 6.07) is 8.60. The molecule has 1 saturated heterocycles. The Bertz CT molecular complexity index is 1370. The zero-order valence-electron chi connectivity index (χ0n) is 19.8. The summed E-state index contributed by atoms with van der Waals surface area (Å²) in [5.74, 6) is 0.00461. The third-order valence-electron chi connectivity index (χ3n) is 7.64. The number of aromatic nitrogens is 1. The standard InChI is InChI=1S/C26H29N3O2S4/c1-27-18-14-8-9-15-19(18)33-24(27)20-22(30)28(16-10-4-2-5-11-16)25(34-20)21-23(31)29(26(32)35-21)17-12-6-3-7-13-17/h8-9,14-17H,2-7,10-13H2,1H3/b24-20-,25-21-. The highest BCUT2D eigenvalue weighted by atomic mass is 32.2. The smallest absolute Gasteiger partial charge is 0.272 e. The number of nitrogens with zero attached hydrogens (tertiary/aromatic N) is 3. The third kappa shape index (κ3) is 4.12. The van der Waals surface area contributed by atoms with Crippen molar-refractivity contribution in [2.24, 2.45) is 0 Å². The highest BCUT2D eigenvalue weighted by Crippen LogP contribution is 2.45. The summed E-state index contributed by atoms with van der Waals surface area (Å²) in [7, 11) is 2.03. The summed E-state index contributed by atoms with van der Waals surface area (Å²) >= 11 is 10.3. The molecule has 1 aromatic carbocycles. The van der Waals surface area contributed by atoms with Crippen LogP contribution in [0.25, 0.3) is 9.93 Å². The van der Waals surface area contributed by atoms with Crippen LogP contribution in [0.15, 0.2) is 34.0 Å². The summed E-state index contributed by atoms with van der Waals surface area (Å²) in [5.41, 5.74) is 1.16. The number of carbonyl (C=O) groups is 1. The lowest BCUT2D eigenvalue weighted by Gasteiger charge is -2.29. The van der Waals surface area contributed by atoms with E-state index in [9.17, 15) is 9.59 Å². The van der Waals surface area contributed by atoms with Gasteiger partial charge in [0, 0.05) is 24.0 Å². The number of thiocarbonyl (C=S) groups is 1. The summed E-state index contributed by atoms with van der Waals surface area (Å²) in [5, 5.41) is 0.958. The second-order valence-electron chi connectivity index (χ2n) is 9.80. The number of thiazole rings is 1. The predicted molar refractivity (Wildman–Crippen MR) is 151 cm³/mol. The van der Waals surface area contributed by atoms with E-state index >= 15 is 0 Å². The molecule has 6 rings (SSSR count). The van der Waals surface area contributed by atoms with Crippen LogP contribution >= 0.6 is 47.1 Å². The van der Waals surface area contributed by atoms with E-state index in [1.54, 1.807) is 11.8 Å². The third-order valence-corrected chi connectivity index (χ3v) is 11.7. The molecule has 0 unspecified atom stereocenters. The summed E-state index contributed by atoms with van der Waals surface area (Å²) in [6.45, 7) is 0. The van der Waals surface area contributed by atoms with Crippen molar-refractivity contribution < 1.29 is 4.79 Å². The van der Waals surface area contributed by atoms with Crippen LogP contribution < -0.4 is 19.7 Å². The molecule has 0 N–H and O–H groups in total. The molecule has 9 heteroatoms. The maximum Gasteiger partial charge on any atom is 0.272 e. The Balaban J connectivity index is 1.53. The van der Waals surface area contributed by atoms with Crippen molar-refractivity contribution in [3.8, 4) is 0 Å². The van der Waals surface area contributed by atoms with Crippen LogP contribution in [0.1, 0.15) is 70.3 Å². The van der Waals surface area contributed by atoms with E-state index in [-0.39, 0.29) is 23.6 Å². The van der Waals surface area contributed by atoms with Crippen LogP contribution in [0.4, 0.5) is 5.69 Å². The minimum Gasteiger partial charge on any atom is -0.337 e. The first-order chi connectivity index (χ1) is 17.0. The Kier molecular flexibility index (Phi) is 6.62. The van der Waals surface area contributed by atoms with Crippen molar-refractivity contribution >= 4 is 72.9 Å². The minimum absolute atomic E-state index is 0.00461. The van der Waals surface area contributed by atoms with Crippen molar-refractivity contribution in [1.82, 2.24) is 9.47 Å². The molecule has 1 aromatic heterocycles. The quantitative estimate of drug-likeness (QED) is 0.496. The number of benzene rings is 1. The van der Waals surface area contributed by atoms with Gasteiger partial charge in [-0.1, -0.05) is 86.4 Å². The molecule has 0 radical (unpaired) electrons. The highest BCUT2D eigenvalue weighted by Gasteiger charge is 2.39. The number of anilines is 1. The van der Waals surface area contributed by atoms with Crippen LogP contribution in [0.3, 0.4) is 0 Å². The zero-order valence-corrected chi connectivity index (χ0v) is 23.1. The first-order valence-electron chi connectivity index (χ1n) is 12.6. The predicted octanol–water partition coefficient (Wildman–Crippen LogP) is 5.02. The number of rotatable bonds is 2. The van der Waals surface area contributed by atoms with E-state index < -0.39 is 0 Å². The fourth-order valence-electron chi connectivity index (χ4n) is 5.82. The van der Waals surface area contributed by atoms with Gasteiger partial charge in [-0.3, -0.25) is 19.1 Å². The number of thioether (sulfide) groups is 2. The average molecular weight is 544 g/mol. The molecule has 0 atom stereocenters. The van der Waals surface area contributed by atoms with Gasteiger partial charge in [-0.15, -0.1) is 11.3 Å². The van der Waals surface area contributed by atoms with E-state index in [1.165, 1.54) is 35.9 Å². The van der Waals surface area contributed by atoms with Crippen molar-refractivity contribution in [3.05, 3.63) is 43.8 Å². The Labute approximate surface area is 223 Å². The number of amides is 1. The summed E-state index contributed by atoms with van der Waals surface area (Å²) in [4.78, 5) is 33.6. The van der Waals surface area contributed by atoms with Gasteiger partial charge in [0.1, 0.15) is 23.4 Å². The van der Waals surface area contributed by atoms with Gasteiger partial charge < -0.3 is 4.90 Å². The second-order valence-corrected chi connectivity index (χ2v) is 13.5. The summed E-state index contributed by atoms with van der Waals surface area (Å²) < 4.78 is 4.17. The van der Waals surface area contributed by atoms with Crippen LogP contribution in [0.2, 0.25) is 0 Å². The molecule has 2 aliphatic carbocycles. The molecule has 2 aromatic rings. The monoisotopic (exact) mass is 543 g/mol. The van der Waals surface area contributed by atoms with Gasteiger partial charge in [-0.25, -0.2) is 0 Å². The Morgan fingerprint density at radius 1 is 0.886 bits per heavy atom. The molecule has 0 bridgehead atoms. The zero-order chi connectivity index (χ0) is 24.1. The van der Waals surface area contributed by atoms with E-state index in [0.29, 0.717) is 9.23 Å². The Morgan fingerprint density at radius 3 is 2.23 bits per heavy atom. The number of hydrogen-bond acceptors (Lipinski definition) is 7. The fraction of sp³-hybridized carbons (Fsp3) is 0.500. The van der Waals surface area contributed by atoms with Gasteiger partial charge in [0.05, 0.1) is 5.69 Å². The fourth-order valence-corrected chi connectivity index (χ4v) is 9.87. The molecule has 2 aliphatic heterocycles. The lowest BCUT2D eigenvalue weighted by molar-refractivity contribution is -0.122. The van der Waals surface area contributed by atoms with Crippen molar-refractivity contribution in [2.45, 2.75) is 81.2 Å². The molecule has 1 amide bonds. The first kappa shape index (κ1) is 23.8. The Morgan fingerprint density at radius 2 is 1.54 bits per heavy atom. The van der Waals surface area contributed by atoms with E-state index in [0.717, 1.165) is 76.2 Å². The van der Waals surface area contributed by atoms with Gasteiger partial charge in [0.15, 0.2) is 0 Å². The van der Waals surface area contributed by atoms with Crippen molar-refractivity contribution in [2.75, 3.05) is 11.9 Å². The molecule has 2 saturated carbocycles. The largest absolute Gasteiger partial charge is 0.337 e. The van der Waals surface area contributed by atoms with E-state index in [1.807, 2.05) is 28.6 Å². The Hall–Kier alpha value is -1.55. The average Bonchev–Trinajstić information content (AvgIpc) is 3.50. The van der Waals surface area contributed by atoms with Crippen molar-refractivity contribution in [3.63, 3.8) is 0 Å². The van der Waals surface area contributed by atoms with Crippen LogP contribution in [-0.4, -0.2) is 32.8 Å². The molecule has 4 aliphatic rings. The van der Waals surface area contributed by atoms with Gasteiger partial charge in [0.2, 0.25) is 0 Å². The molecule has 5 nitrogen and oxygen atoms in total. The second kappa shape index (κ2) is 9.72. The highest BCUT2D eigenvalue weighted by molar-refractivity contribution is 8.30. The topological polar surface area (TPSA) is 45.5 Å². The summed E-state index contributed by atoms with van der Waals surface area (Å²) in [6.07, 6.45) is 11.0. The number of carbonyl (C=O) groups excluding carboxylic acids is 1. The lowest BCUT2D eigenvalue weighted by atomic mass is 9.94. The molecule has 3 heterocycles. The van der Waals surface area contributed by atoms with Crippen LogP contribution in [-0.2, 0) is 4.79 Å². The van der Waals surface area contributed by atoms with Gasteiger partial charge in [-0.2, -0.15) is 0 Å². The lowest BCUT2D eigenvalue weighted by Crippen LogP contribution is -2.41. The van der Waals surface area contributed by atoms with E-state index in [4.69, 9.17) is 12.2 Å². The van der Waals surface area contributed by atoms with Crippen LogP contribution in [0.5, 0.6) is 0 Å². The van der Waals surface area contributed by atoms with Crippen molar-refractivity contribution in [1.29, 1.82) is 0 Å². The minimum atomic E-state index is 0.00461. The van der Waals surface area contributed by atoms with Crippen LogP contribution in [0, 0.1) is 0 Å². The normalized spacial score (nSPS) is 25.1. The maximum atomic E-state index is 14.0. The van der Waals surface area contributed by atoms with Gasteiger partial charge in [0.25, 0.3) is 11.5 Å². The maximum absolute atomic E-state index is 14.0. The molecule has 0 spiro atoms. The number of fused-ring (bicyclic) bond motifs is 1. The van der Waals surface area contributed by atoms with Gasteiger partial charge in [-0.05, 0) is 37.8 Å². The first-order valence-corrected chi connectivity index (χ1v) is 15.5. The number of para-hydroxylation sites is 1. The molecular formula is C26H29N3O2S4.